The highest BCUT2D eigenvalue weighted by molar-refractivity contribution is 5.29. The first kappa shape index (κ1) is 18.7. The van der Waals surface area contributed by atoms with Crippen molar-refractivity contribution in [3.8, 4) is 11.6 Å². The fraction of sp³-hybridized carbons (Fsp3) is 0.348. The third-order valence-electron chi connectivity index (χ3n) is 5.35. The van der Waals surface area contributed by atoms with E-state index in [9.17, 15) is 0 Å². The molecular formula is C23H28N4O. The number of aromatic nitrogens is 2. The number of hydrogen-bond acceptors (Lipinski definition) is 4. The highest BCUT2D eigenvalue weighted by Crippen LogP contribution is 2.18. The van der Waals surface area contributed by atoms with Crippen LogP contribution in [0.1, 0.15) is 24.1 Å². The molecule has 0 aliphatic carbocycles. The summed E-state index contributed by atoms with van der Waals surface area (Å²) in [5, 5.41) is 3.76. The van der Waals surface area contributed by atoms with Gasteiger partial charge in [0, 0.05) is 43.8 Å². The van der Waals surface area contributed by atoms with Crippen LogP contribution in [0.2, 0.25) is 0 Å². The normalized spacial score (nSPS) is 17.5. The van der Waals surface area contributed by atoms with Gasteiger partial charge in [-0.1, -0.05) is 18.2 Å². The van der Waals surface area contributed by atoms with Crippen molar-refractivity contribution in [2.24, 2.45) is 0 Å². The number of rotatable bonds is 7. The topological polar surface area (TPSA) is 42.3 Å². The second-order valence-electron chi connectivity index (χ2n) is 7.36. The standard InChI is InChI=1S/C23H28N4O/c1-28-22-10-4-7-19(15-22)17-26-13-5-8-20(18-26)25-16-21-9-6-14-27(21)23-11-2-3-12-24-23/h2-4,6-7,9-12,14-15,20,25H,5,8,13,16-18H2,1H3/t20-/m1/s1. The summed E-state index contributed by atoms with van der Waals surface area (Å²) in [4.78, 5) is 7.00. The van der Waals surface area contributed by atoms with Gasteiger partial charge < -0.3 is 14.6 Å². The molecule has 28 heavy (non-hydrogen) atoms. The maximum Gasteiger partial charge on any atom is 0.136 e. The summed E-state index contributed by atoms with van der Waals surface area (Å²) >= 11 is 0. The monoisotopic (exact) mass is 376 g/mol. The van der Waals surface area contributed by atoms with Crippen molar-refractivity contribution in [3.63, 3.8) is 0 Å². The Hall–Kier alpha value is -2.63. The summed E-state index contributed by atoms with van der Waals surface area (Å²) < 4.78 is 7.51. The molecule has 1 atom stereocenters. The smallest absolute Gasteiger partial charge is 0.136 e. The Kier molecular flexibility index (Phi) is 6.04. The van der Waals surface area contributed by atoms with E-state index in [0.29, 0.717) is 6.04 Å². The molecule has 0 saturated carbocycles. The van der Waals surface area contributed by atoms with E-state index in [0.717, 1.165) is 37.7 Å². The Balaban J connectivity index is 1.34. The lowest BCUT2D eigenvalue weighted by molar-refractivity contribution is 0.182. The zero-order valence-electron chi connectivity index (χ0n) is 16.4. The zero-order chi connectivity index (χ0) is 19.2. The van der Waals surface area contributed by atoms with E-state index in [4.69, 9.17) is 4.74 Å². The van der Waals surface area contributed by atoms with Crippen molar-refractivity contribution < 1.29 is 4.74 Å². The molecule has 0 amide bonds. The van der Waals surface area contributed by atoms with Crippen LogP contribution in [0.5, 0.6) is 5.75 Å². The minimum Gasteiger partial charge on any atom is -0.497 e. The Bertz CT molecular complexity index is 877. The first-order chi connectivity index (χ1) is 13.8. The maximum atomic E-state index is 5.35. The molecule has 0 spiro atoms. The van der Waals surface area contributed by atoms with Crippen molar-refractivity contribution in [3.05, 3.63) is 78.2 Å². The summed E-state index contributed by atoms with van der Waals surface area (Å²) in [6.45, 7) is 4.04. The molecule has 4 rings (SSSR count). The molecule has 5 nitrogen and oxygen atoms in total. The number of hydrogen-bond donors (Lipinski definition) is 1. The van der Waals surface area contributed by atoms with Crippen LogP contribution in [0.25, 0.3) is 5.82 Å². The fourth-order valence-corrected chi connectivity index (χ4v) is 3.92. The lowest BCUT2D eigenvalue weighted by Crippen LogP contribution is -2.45. The quantitative estimate of drug-likeness (QED) is 0.684. The molecule has 3 aromatic rings. The number of pyridine rings is 1. The molecule has 146 valence electrons. The van der Waals surface area contributed by atoms with Gasteiger partial charge >= 0.3 is 0 Å². The van der Waals surface area contributed by atoms with Crippen LogP contribution >= 0.6 is 0 Å². The molecule has 0 bridgehead atoms. The molecule has 1 aromatic carbocycles. The van der Waals surface area contributed by atoms with Crippen LogP contribution in [-0.2, 0) is 13.1 Å². The Labute approximate surface area is 167 Å². The van der Waals surface area contributed by atoms with Gasteiger partial charge in [0.05, 0.1) is 7.11 Å². The second kappa shape index (κ2) is 9.04. The van der Waals surface area contributed by atoms with Gasteiger partial charge in [0.1, 0.15) is 11.6 Å². The van der Waals surface area contributed by atoms with Crippen LogP contribution in [0, 0.1) is 0 Å². The van der Waals surface area contributed by atoms with Crippen molar-refractivity contribution in [2.45, 2.75) is 32.0 Å². The van der Waals surface area contributed by atoms with Crippen LogP contribution in [-0.4, -0.2) is 40.7 Å². The molecule has 1 fully saturated rings. The molecule has 1 aliphatic heterocycles. The van der Waals surface area contributed by atoms with Gasteiger partial charge in [0.2, 0.25) is 0 Å². The summed E-state index contributed by atoms with van der Waals surface area (Å²) in [7, 11) is 1.72. The van der Waals surface area contributed by atoms with E-state index in [1.165, 1.54) is 24.1 Å². The fourth-order valence-electron chi connectivity index (χ4n) is 3.92. The highest BCUT2D eigenvalue weighted by atomic mass is 16.5. The SMILES string of the molecule is COc1cccc(CN2CCC[C@@H](NCc3cccn3-c3ccccn3)C2)c1. The number of ether oxygens (including phenoxy) is 1. The van der Waals surface area contributed by atoms with E-state index in [1.54, 1.807) is 7.11 Å². The third kappa shape index (κ3) is 4.61. The Morgan fingerprint density at radius 1 is 1.14 bits per heavy atom. The minimum absolute atomic E-state index is 0.506. The van der Waals surface area contributed by atoms with Crippen LogP contribution in [0.4, 0.5) is 0 Å². The molecule has 0 unspecified atom stereocenters. The highest BCUT2D eigenvalue weighted by Gasteiger charge is 2.20. The van der Waals surface area contributed by atoms with Crippen LogP contribution < -0.4 is 10.1 Å². The first-order valence-electron chi connectivity index (χ1n) is 9.98. The average molecular weight is 377 g/mol. The maximum absolute atomic E-state index is 5.35. The summed E-state index contributed by atoms with van der Waals surface area (Å²) in [6, 6.07) is 19.2. The molecule has 3 heterocycles. The van der Waals surface area contributed by atoms with E-state index >= 15 is 0 Å². The largest absolute Gasteiger partial charge is 0.497 e. The number of methoxy groups -OCH3 is 1. The van der Waals surface area contributed by atoms with Crippen LogP contribution in [0.15, 0.2) is 67.0 Å². The van der Waals surface area contributed by atoms with Gasteiger partial charge in [-0.25, -0.2) is 4.98 Å². The number of nitrogens with one attached hydrogen (secondary N) is 1. The van der Waals surface area contributed by atoms with Gasteiger partial charge in [-0.05, 0) is 61.3 Å². The van der Waals surface area contributed by atoms with Crippen molar-refractivity contribution in [1.29, 1.82) is 0 Å². The summed E-state index contributed by atoms with van der Waals surface area (Å²) in [5.74, 6) is 1.90. The second-order valence-corrected chi connectivity index (χ2v) is 7.36. The van der Waals surface area contributed by atoms with E-state index < -0.39 is 0 Å². The van der Waals surface area contributed by atoms with Gasteiger partial charge in [0.25, 0.3) is 0 Å². The molecule has 2 aromatic heterocycles. The van der Waals surface area contributed by atoms with Gasteiger partial charge in [-0.3, -0.25) is 4.90 Å². The molecular weight excluding hydrogens is 348 g/mol. The molecule has 1 N–H and O–H groups in total. The van der Waals surface area contributed by atoms with E-state index in [2.05, 4.69) is 56.3 Å². The number of piperidine rings is 1. The predicted molar refractivity (Wildman–Crippen MR) is 112 cm³/mol. The average Bonchev–Trinajstić information content (AvgIpc) is 3.22. The minimum atomic E-state index is 0.506. The van der Waals surface area contributed by atoms with Gasteiger partial charge in [0.15, 0.2) is 0 Å². The molecule has 1 saturated heterocycles. The summed E-state index contributed by atoms with van der Waals surface area (Å²) in [6.07, 6.45) is 6.36. The van der Waals surface area contributed by atoms with Crippen LogP contribution in [0.3, 0.4) is 0 Å². The first-order valence-corrected chi connectivity index (χ1v) is 9.98. The molecule has 5 heteroatoms. The number of benzene rings is 1. The Morgan fingerprint density at radius 2 is 2.11 bits per heavy atom. The third-order valence-corrected chi connectivity index (χ3v) is 5.35. The van der Waals surface area contributed by atoms with Crippen molar-refractivity contribution in [1.82, 2.24) is 19.8 Å². The predicted octanol–water partition coefficient (Wildman–Crippen LogP) is 3.64. The lowest BCUT2D eigenvalue weighted by Gasteiger charge is -2.33. The Morgan fingerprint density at radius 3 is 2.96 bits per heavy atom. The van der Waals surface area contributed by atoms with Crippen molar-refractivity contribution >= 4 is 0 Å². The van der Waals surface area contributed by atoms with E-state index in [-0.39, 0.29) is 0 Å². The van der Waals surface area contributed by atoms with Crippen molar-refractivity contribution in [2.75, 3.05) is 20.2 Å². The number of likely N-dealkylation sites (tertiary alicyclic amines) is 1. The lowest BCUT2D eigenvalue weighted by atomic mass is 10.0. The zero-order valence-corrected chi connectivity index (χ0v) is 16.4. The van der Waals surface area contributed by atoms with E-state index in [1.807, 2.05) is 30.5 Å². The van der Waals surface area contributed by atoms with Gasteiger partial charge in [-0.2, -0.15) is 0 Å². The summed E-state index contributed by atoms with van der Waals surface area (Å²) in [5.41, 5.74) is 2.55. The van der Waals surface area contributed by atoms with Gasteiger partial charge in [-0.15, -0.1) is 0 Å². The number of nitrogens with zero attached hydrogens (tertiary/aromatic N) is 3. The molecule has 0 radical (unpaired) electrons. The molecule has 1 aliphatic rings.